The van der Waals surface area contributed by atoms with E-state index in [0.29, 0.717) is 0 Å². The van der Waals surface area contributed by atoms with Crippen LogP contribution in [0.1, 0.15) is 16.1 Å². The van der Waals surface area contributed by atoms with Crippen molar-refractivity contribution in [3.8, 4) is 11.1 Å². The van der Waals surface area contributed by atoms with Gasteiger partial charge >= 0.3 is 6.18 Å². The molecule has 9 heteroatoms. The number of pyridine rings is 1. The number of nitrogen functional groups attached to an aromatic ring is 1. The SMILES string of the molecule is Nc1ccc(C(=O)Nc2n[nH]c(C(F)(F)F)c2-c2ccccc2)cn1. The van der Waals surface area contributed by atoms with E-state index in [-0.39, 0.29) is 28.3 Å². The minimum absolute atomic E-state index is 0.143. The van der Waals surface area contributed by atoms with Crippen LogP contribution in [0, 0.1) is 0 Å². The number of nitrogens with two attached hydrogens (primary N) is 1. The number of carbonyl (C=O) groups excluding carboxylic acids is 1. The highest BCUT2D eigenvalue weighted by Gasteiger charge is 2.38. The Balaban J connectivity index is 2.00. The van der Waals surface area contributed by atoms with E-state index < -0.39 is 17.8 Å². The molecule has 25 heavy (non-hydrogen) atoms. The van der Waals surface area contributed by atoms with Crippen molar-refractivity contribution in [3.63, 3.8) is 0 Å². The Morgan fingerprint density at radius 3 is 2.44 bits per heavy atom. The van der Waals surface area contributed by atoms with Gasteiger partial charge in [-0.15, -0.1) is 0 Å². The zero-order valence-electron chi connectivity index (χ0n) is 12.6. The largest absolute Gasteiger partial charge is 0.433 e. The monoisotopic (exact) mass is 347 g/mol. The molecule has 0 saturated carbocycles. The number of benzene rings is 1. The van der Waals surface area contributed by atoms with Gasteiger partial charge in [0, 0.05) is 6.20 Å². The molecule has 0 radical (unpaired) electrons. The highest BCUT2D eigenvalue weighted by molar-refractivity contribution is 6.05. The number of H-pyrrole nitrogens is 1. The second-order valence-electron chi connectivity index (χ2n) is 5.11. The van der Waals surface area contributed by atoms with Crippen molar-refractivity contribution in [1.29, 1.82) is 0 Å². The highest BCUT2D eigenvalue weighted by atomic mass is 19.4. The van der Waals surface area contributed by atoms with Gasteiger partial charge in [-0.05, 0) is 17.7 Å². The molecule has 0 saturated heterocycles. The molecular weight excluding hydrogens is 335 g/mol. The Morgan fingerprint density at radius 1 is 1.12 bits per heavy atom. The van der Waals surface area contributed by atoms with Crippen LogP contribution in [-0.4, -0.2) is 21.1 Å². The van der Waals surface area contributed by atoms with Gasteiger partial charge in [0.25, 0.3) is 5.91 Å². The van der Waals surface area contributed by atoms with Crippen LogP contribution in [0.2, 0.25) is 0 Å². The van der Waals surface area contributed by atoms with Gasteiger partial charge in [-0.1, -0.05) is 30.3 Å². The van der Waals surface area contributed by atoms with Gasteiger partial charge in [0.15, 0.2) is 5.82 Å². The van der Waals surface area contributed by atoms with E-state index in [4.69, 9.17) is 5.73 Å². The van der Waals surface area contributed by atoms with E-state index >= 15 is 0 Å². The quantitative estimate of drug-likeness (QED) is 0.677. The number of hydrogen-bond donors (Lipinski definition) is 3. The number of nitrogens with one attached hydrogen (secondary N) is 2. The zero-order chi connectivity index (χ0) is 18.0. The van der Waals surface area contributed by atoms with Crippen molar-refractivity contribution in [3.05, 3.63) is 59.9 Å². The normalized spacial score (nSPS) is 11.3. The summed E-state index contributed by atoms with van der Waals surface area (Å²) in [5.74, 6) is -0.647. The topological polar surface area (TPSA) is 96.7 Å². The van der Waals surface area contributed by atoms with Crippen LogP contribution >= 0.6 is 0 Å². The Kier molecular flexibility index (Phi) is 4.14. The van der Waals surface area contributed by atoms with Crippen LogP contribution in [-0.2, 0) is 6.18 Å². The van der Waals surface area contributed by atoms with E-state index in [1.165, 1.54) is 30.5 Å². The second-order valence-corrected chi connectivity index (χ2v) is 5.11. The van der Waals surface area contributed by atoms with Gasteiger partial charge in [0.05, 0.1) is 11.1 Å². The lowest BCUT2D eigenvalue weighted by molar-refractivity contribution is -0.140. The molecule has 0 atom stereocenters. The molecule has 2 heterocycles. The molecule has 0 aliphatic carbocycles. The van der Waals surface area contributed by atoms with E-state index in [2.05, 4.69) is 15.4 Å². The Morgan fingerprint density at radius 2 is 1.84 bits per heavy atom. The molecule has 6 nitrogen and oxygen atoms in total. The summed E-state index contributed by atoms with van der Waals surface area (Å²) >= 11 is 0. The average molecular weight is 347 g/mol. The van der Waals surface area contributed by atoms with E-state index in [0.717, 1.165) is 0 Å². The number of anilines is 2. The number of carbonyl (C=O) groups is 1. The molecule has 0 aliphatic rings. The number of hydrogen-bond acceptors (Lipinski definition) is 4. The summed E-state index contributed by atoms with van der Waals surface area (Å²) in [6.45, 7) is 0. The molecule has 0 bridgehead atoms. The lowest BCUT2D eigenvalue weighted by Gasteiger charge is -2.09. The maximum atomic E-state index is 13.2. The van der Waals surface area contributed by atoms with Crippen molar-refractivity contribution >= 4 is 17.5 Å². The summed E-state index contributed by atoms with van der Waals surface area (Å²) in [5, 5.41) is 7.95. The number of alkyl halides is 3. The van der Waals surface area contributed by atoms with E-state index in [1.54, 1.807) is 18.2 Å². The molecule has 128 valence electrons. The highest BCUT2D eigenvalue weighted by Crippen LogP contribution is 2.39. The van der Waals surface area contributed by atoms with Gasteiger partial charge < -0.3 is 11.1 Å². The predicted octanol–water partition coefficient (Wildman–Crippen LogP) is 3.33. The number of halogens is 3. The molecule has 0 aliphatic heterocycles. The minimum atomic E-state index is -4.65. The number of nitrogens with zero attached hydrogens (tertiary/aromatic N) is 2. The molecule has 0 fully saturated rings. The summed E-state index contributed by atoms with van der Waals surface area (Å²) in [4.78, 5) is 16.0. The molecule has 4 N–H and O–H groups in total. The van der Waals surface area contributed by atoms with Crippen LogP contribution in [0.15, 0.2) is 48.7 Å². The Bertz CT molecular complexity index is 888. The Labute approximate surface area is 139 Å². The molecule has 1 aromatic carbocycles. The summed E-state index contributed by atoms with van der Waals surface area (Å²) in [5.41, 5.74) is 4.59. The van der Waals surface area contributed by atoms with Crippen molar-refractivity contribution in [2.45, 2.75) is 6.18 Å². The fourth-order valence-corrected chi connectivity index (χ4v) is 2.24. The lowest BCUT2D eigenvalue weighted by Crippen LogP contribution is -2.14. The van der Waals surface area contributed by atoms with Crippen LogP contribution in [0.4, 0.5) is 24.8 Å². The summed E-state index contributed by atoms with van der Waals surface area (Å²) in [6.07, 6.45) is -3.42. The molecule has 2 aromatic heterocycles. The van der Waals surface area contributed by atoms with Crippen LogP contribution in [0.5, 0.6) is 0 Å². The van der Waals surface area contributed by atoms with Crippen molar-refractivity contribution in [2.75, 3.05) is 11.1 Å². The van der Waals surface area contributed by atoms with Gasteiger partial charge in [-0.25, -0.2) is 4.98 Å². The fraction of sp³-hybridized carbons (Fsp3) is 0.0625. The lowest BCUT2D eigenvalue weighted by atomic mass is 10.0. The Hall–Kier alpha value is -3.36. The number of amides is 1. The smallest absolute Gasteiger partial charge is 0.384 e. The number of aromatic nitrogens is 3. The molecule has 3 rings (SSSR count). The summed E-state index contributed by atoms with van der Waals surface area (Å²) < 4.78 is 39.7. The molecule has 0 spiro atoms. The van der Waals surface area contributed by atoms with Crippen molar-refractivity contribution < 1.29 is 18.0 Å². The standard InChI is InChI=1S/C16H12F3N5O/c17-16(18,19)13-12(9-4-2-1-3-5-9)14(24-23-13)22-15(25)10-6-7-11(20)21-8-10/h1-8H,(H2,20,21)(H2,22,23,24,25). The number of aromatic amines is 1. The first-order chi connectivity index (χ1) is 11.9. The van der Waals surface area contributed by atoms with E-state index in [1.807, 2.05) is 5.10 Å². The second kappa shape index (κ2) is 6.27. The first-order valence-corrected chi connectivity index (χ1v) is 7.10. The maximum absolute atomic E-state index is 13.2. The van der Waals surface area contributed by atoms with Gasteiger partial charge in [-0.3, -0.25) is 9.89 Å². The first kappa shape index (κ1) is 16.5. The van der Waals surface area contributed by atoms with Gasteiger partial charge in [-0.2, -0.15) is 18.3 Å². The average Bonchev–Trinajstić information content (AvgIpc) is 3.00. The predicted molar refractivity (Wildman–Crippen MR) is 85.6 cm³/mol. The van der Waals surface area contributed by atoms with Gasteiger partial charge in [0.1, 0.15) is 11.5 Å². The summed E-state index contributed by atoms with van der Waals surface area (Å²) in [7, 11) is 0. The third-order valence-electron chi connectivity index (χ3n) is 3.39. The van der Waals surface area contributed by atoms with Crippen molar-refractivity contribution in [2.24, 2.45) is 0 Å². The minimum Gasteiger partial charge on any atom is -0.384 e. The third-order valence-corrected chi connectivity index (χ3v) is 3.39. The van der Waals surface area contributed by atoms with Gasteiger partial charge in [0.2, 0.25) is 0 Å². The molecule has 1 amide bonds. The summed E-state index contributed by atoms with van der Waals surface area (Å²) in [6, 6.07) is 10.7. The first-order valence-electron chi connectivity index (χ1n) is 7.10. The molecule has 3 aromatic rings. The number of rotatable bonds is 3. The maximum Gasteiger partial charge on any atom is 0.433 e. The third kappa shape index (κ3) is 3.44. The van der Waals surface area contributed by atoms with Crippen LogP contribution in [0.3, 0.4) is 0 Å². The zero-order valence-corrected chi connectivity index (χ0v) is 12.6. The fourth-order valence-electron chi connectivity index (χ4n) is 2.24. The van der Waals surface area contributed by atoms with Crippen LogP contribution in [0.25, 0.3) is 11.1 Å². The van der Waals surface area contributed by atoms with Crippen LogP contribution < -0.4 is 11.1 Å². The van der Waals surface area contributed by atoms with Crippen molar-refractivity contribution in [1.82, 2.24) is 15.2 Å². The van der Waals surface area contributed by atoms with E-state index in [9.17, 15) is 18.0 Å². The molecule has 0 unspecified atom stereocenters. The molecular formula is C16H12F3N5O.